The van der Waals surface area contributed by atoms with Crippen LogP contribution in [0.3, 0.4) is 0 Å². The molecule has 2 aromatic carbocycles. The van der Waals surface area contributed by atoms with Crippen LogP contribution in [0.4, 0.5) is 11.4 Å². The molecule has 0 atom stereocenters. The van der Waals surface area contributed by atoms with E-state index in [4.69, 9.17) is 12.2 Å². The van der Waals surface area contributed by atoms with Gasteiger partial charge in [-0.3, -0.25) is 4.79 Å². The Kier molecular flexibility index (Phi) is 4.70. The van der Waals surface area contributed by atoms with E-state index in [0.29, 0.717) is 10.7 Å². The quantitative estimate of drug-likeness (QED) is 0.654. The molecule has 0 amide bonds. The van der Waals surface area contributed by atoms with Crippen LogP contribution in [0.25, 0.3) is 0 Å². The summed E-state index contributed by atoms with van der Waals surface area (Å²) in [7, 11) is 0. The van der Waals surface area contributed by atoms with Gasteiger partial charge >= 0.3 is 0 Å². The molecule has 0 aliphatic carbocycles. The van der Waals surface area contributed by atoms with Gasteiger partial charge in [0.15, 0.2) is 10.9 Å². The summed E-state index contributed by atoms with van der Waals surface area (Å²) in [5.41, 5.74) is 4.89. The second-order valence-electron chi connectivity index (χ2n) is 5.03. The lowest BCUT2D eigenvalue weighted by Crippen LogP contribution is -2.19. The molecule has 0 spiro atoms. The first-order valence-electron chi connectivity index (χ1n) is 6.72. The van der Waals surface area contributed by atoms with E-state index in [9.17, 15) is 4.79 Å². The van der Waals surface area contributed by atoms with Gasteiger partial charge in [0.05, 0.1) is 0 Å². The van der Waals surface area contributed by atoms with E-state index in [1.165, 1.54) is 5.56 Å². The summed E-state index contributed by atoms with van der Waals surface area (Å²) in [6, 6.07) is 13.4. The number of anilines is 2. The van der Waals surface area contributed by atoms with Crippen molar-refractivity contribution in [2.75, 3.05) is 10.6 Å². The van der Waals surface area contributed by atoms with Crippen LogP contribution in [-0.4, -0.2) is 10.9 Å². The first-order valence-corrected chi connectivity index (χ1v) is 7.13. The van der Waals surface area contributed by atoms with Crippen LogP contribution in [0.15, 0.2) is 42.5 Å². The van der Waals surface area contributed by atoms with Crippen molar-refractivity contribution in [3.63, 3.8) is 0 Å². The van der Waals surface area contributed by atoms with E-state index in [2.05, 4.69) is 23.6 Å². The molecule has 0 saturated carbocycles. The number of thiocarbonyl (C=S) groups is 1. The zero-order valence-corrected chi connectivity index (χ0v) is 13.2. The number of rotatable bonds is 3. The molecule has 108 valence electrons. The second-order valence-corrected chi connectivity index (χ2v) is 5.44. The summed E-state index contributed by atoms with van der Waals surface area (Å²) >= 11 is 5.31. The molecule has 0 aliphatic rings. The van der Waals surface area contributed by atoms with Gasteiger partial charge in [-0.15, -0.1) is 0 Å². The highest BCUT2D eigenvalue weighted by molar-refractivity contribution is 7.80. The summed E-state index contributed by atoms with van der Waals surface area (Å²) < 4.78 is 0. The Bertz CT molecular complexity index is 678. The van der Waals surface area contributed by atoms with Crippen molar-refractivity contribution in [1.29, 1.82) is 0 Å². The van der Waals surface area contributed by atoms with E-state index in [-0.39, 0.29) is 5.78 Å². The lowest BCUT2D eigenvalue weighted by molar-refractivity contribution is 0.101. The fourth-order valence-corrected chi connectivity index (χ4v) is 2.25. The minimum absolute atomic E-state index is 0.0533. The van der Waals surface area contributed by atoms with Crippen molar-refractivity contribution < 1.29 is 4.79 Å². The molecule has 2 rings (SSSR count). The average molecular weight is 298 g/mol. The van der Waals surface area contributed by atoms with Gasteiger partial charge in [0.2, 0.25) is 0 Å². The summed E-state index contributed by atoms with van der Waals surface area (Å²) in [5, 5.41) is 6.81. The van der Waals surface area contributed by atoms with Crippen LogP contribution in [0, 0.1) is 13.8 Å². The summed E-state index contributed by atoms with van der Waals surface area (Å²) in [5.74, 6) is 0.0533. The van der Waals surface area contributed by atoms with Crippen LogP contribution in [0.1, 0.15) is 28.4 Å². The third-order valence-corrected chi connectivity index (χ3v) is 3.38. The Hall–Kier alpha value is -2.20. The molecule has 2 N–H and O–H groups in total. The number of carbonyl (C=O) groups is 1. The van der Waals surface area contributed by atoms with Crippen molar-refractivity contribution in [3.05, 3.63) is 59.2 Å². The number of hydrogen-bond acceptors (Lipinski definition) is 2. The molecule has 0 saturated heterocycles. The van der Waals surface area contributed by atoms with Crippen LogP contribution in [0.2, 0.25) is 0 Å². The Balaban J connectivity index is 2.02. The molecular weight excluding hydrogens is 280 g/mol. The van der Waals surface area contributed by atoms with Gasteiger partial charge in [-0.2, -0.15) is 0 Å². The maximum atomic E-state index is 11.2. The van der Waals surface area contributed by atoms with Gasteiger partial charge in [0.1, 0.15) is 0 Å². The topological polar surface area (TPSA) is 41.1 Å². The fraction of sp³-hybridized carbons (Fsp3) is 0.176. The highest BCUT2D eigenvalue weighted by Crippen LogP contribution is 2.17. The van der Waals surface area contributed by atoms with Gasteiger partial charge in [-0.1, -0.05) is 17.7 Å². The number of hydrogen-bond donors (Lipinski definition) is 2. The molecule has 0 aromatic heterocycles. The zero-order valence-electron chi connectivity index (χ0n) is 12.4. The van der Waals surface area contributed by atoms with E-state index in [0.717, 1.165) is 16.9 Å². The first kappa shape index (κ1) is 15.2. The Morgan fingerprint density at radius 1 is 1.00 bits per heavy atom. The molecule has 0 bridgehead atoms. The molecule has 21 heavy (non-hydrogen) atoms. The molecule has 2 aromatic rings. The van der Waals surface area contributed by atoms with Crippen LogP contribution in [0.5, 0.6) is 0 Å². The van der Waals surface area contributed by atoms with Crippen LogP contribution in [-0.2, 0) is 0 Å². The Labute approximate surface area is 130 Å². The number of benzene rings is 2. The number of carbonyl (C=O) groups excluding carboxylic acids is 1. The Morgan fingerprint density at radius 3 is 2.24 bits per heavy atom. The summed E-state index contributed by atoms with van der Waals surface area (Å²) in [6.07, 6.45) is 0. The number of ketones is 1. The fourth-order valence-electron chi connectivity index (χ4n) is 2.03. The third kappa shape index (κ3) is 4.13. The zero-order chi connectivity index (χ0) is 15.4. The Morgan fingerprint density at radius 2 is 1.67 bits per heavy atom. The highest BCUT2D eigenvalue weighted by Gasteiger charge is 2.03. The minimum Gasteiger partial charge on any atom is -0.332 e. The number of aryl methyl sites for hydroxylation is 2. The SMILES string of the molecule is CC(=O)c1ccc(NC(=S)Nc2ccc(C)cc2C)cc1. The largest absolute Gasteiger partial charge is 0.332 e. The van der Waals surface area contributed by atoms with Gasteiger partial charge in [0, 0.05) is 16.9 Å². The second kappa shape index (κ2) is 6.50. The smallest absolute Gasteiger partial charge is 0.175 e. The average Bonchev–Trinajstić information content (AvgIpc) is 2.42. The first-order chi connectivity index (χ1) is 9.95. The van der Waals surface area contributed by atoms with Gasteiger partial charge in [0.25, 0.3) is 0 Å². The molecule has 0 aliphatic heterocycles. The molecule has 0 radical (unpaired) electrons. The highest BCUT2D eigenvalue weighted by atomic mass is 32.1. The molecule has 0 unspecified atom stereocenters. The lowest BCUT2D eigenvalue weighted by Gasteiger charge is -2.13. The lowest BCUT2D eigenvalue weighted by atomic mass is 10.1. The van der Waals surface area contributed by atoms with Crippen molar-refractivity contribution >= 4 is 34.5 Å². The van der Waals surface area contributed by atoms with E-state index < -0.39 is 0 Å². The molecule has 0 fully saturated rings. The maximum absolute atomic E-state index is 11.2. The van der Waals surface area contributed by atoms with Crippen LogP contribution >= 0.6 is 12.2 Å². The van der Waals surface area contributed by atoms with Crippen molar-refractivity contribution in [3.8, 4) is 0 Å². The van der Waals surface area contributed by atoms with Gasteiger partial charge in [-0.25, -0.2) is 0 Å². The molecular formula is C17H18N2OS. The van der Waals surface area contributed by atoms with Crippen LogP contribution < -0.4 is 10.6 Å². The minimum atomic E-state index is 0.0533. The molecule has 4 heteroatoms. The maximum Gasteiger partial charge on any atom is 0.175 e. The standard InChI is InChI=1S/C17H18N2OS/c1-11-4-9-16(12(2)10-11)19-17(21)18-15-7-5-14(6-8-15)13(3)20/h4-10H,1-3H3,(H2,18,19,21). The third-order valence-electron chi connectivity index (χ3n) is 3.18. The van der Waals surface area contributed by atoms with Crippen molar-refractivity contribution in [2.45, 2.75) is 20.8 Å². The van der Waals surface area contributed by atoms with E-state index in [1.54, 1.807) is 19.1 Å². The predicted molar refractivity (Wildman–Crippen MR) is 92.2 cm³/mol. The van der Waals surface area contributed by atoms with E-state index >= 15 is 0 Å². The molecule has 3 nitrogen and oxygen atoms in total. The summed E-state index contributed by atoms with van der Waals surface area (Å²) in [6.45, 7) is 5.65. The molecule has 0 heterocycles. The van der Waals surface area contributed by atoms with E-state index in [1.807, 2.05) is 31.2 Å². The predicted octanol–water partition coefficient (Wildman–Crippen LogP) is 4.31. The van der Waals surface area contributed by atoms with Crippen molar-refractivity contribution in [1.82, 2.24) is 0 Å². The summed E-state index contributed by atoms with van der Waals surface area (Å²) in [4.78, 5) is 11.2. The number of Topliss-reactive ketones (excluding diaryl/α,β-unsaturated/α-hetero) is 1. The van der Waals surface area contributed by atoms with Gasteiger partial charge in [-0.05, 0) is 68.9 Å². The number of nitrogens with one attached hydrogen (secondary N) is 2. The van der Waals surface area contributed by atoms with Crippen molar-refractivity contribution in [2.24, 2.45) is 0 Å². The van der Waals surface area contributed by atoms with Gasteiger partial charge < -0.3 is 10.6 Å². The normalized spacial score (nSPS) is 10.0. The monoisotopic (exact) mass is 298 g/mol.